The molecule has 0 unspecified atom stereocenters. The summed E-state index contributed by atoms with van der Waals surface area (Å²) in [5, 5.41) is -0.725. The molecule has 0 heterocycles. The van der Waals surface area contributed by atoms with Crippen LogP contribution >= 0.6 is 0 Å². The third-order valence-electron chi connectivity index (χ3n) is 4.47. The second-order valence-electron chi connectivity index (χ2n) is 8.48. The number of hydroxylamine groups is 2. The van der Waals surface area contributed by atoms with Crippen molar-refractivity contribution in [1.29, 1.82) is 0 Å². The quantitative estimate of drug-likeness (QED) is 0.275. The van der Waals surface area contributed by atoms with E-state index in [1.807, 2.05) is 6.92 Å². The van der Waals surface area contributed by atoms with Gasteiger partial charge in [0.05, 0.1) is 6.61 Å². The highest BCUT2D eigenvalue weighted by atomic mass is 32.2. The number of imide groups is 1. The van der Waals surface area contributed by atoms with Crippen molar-refractivity contribution in [3.8, 4) is 0 Å². The van der Waals surface area contributed by atoms with Crippen LogP contribution < -0.4 is 4.72 Å². The molecule has 0 spiro atoms. The van der Waals surface area contributed by atoms with Gasteiger partial charge in [0.15, 0.2) is 5.25 Å². The molecule has 0 bridgehead atoms. The van der Waals surface area contributed by atoms with Crippen LogP contribution in [0, 0.1) is 0 Å². The number of benzene rings is 1. The lowest BCUT2D eigenvalue weighted by atomic mass is 10.1. The molecule has 1 atom stereocenters. The minimum absolute atomic E-state index is 0.101. The van der Waals surface area contributed by atoms with Crippen molar-refractivity contribution in [1.82, 2.24) is 9.79 Å². The molecule has 0 saturated heterocycles. The van der Waals surface area contributed by atoms with Crippen LogP contribution in [0.5, 0.6) is 0 Å². The number of ether oxygens (including phenoxy) is 1. The van der Waals surface area contributed by atoms with Crippen molar-refractivity contribution in [3.63, 3.8) is 0 Å². The Morgan fingerprint density at radius 1 is 1.06 bits per heavy atom. The van der Waals surface area contributed by atoms with Gasteiger partial charge in [-0.25, -0.2) is 13.1 Å². The minimum Gasteiger partial charge on any atom is -0.459 e. The Bertz CT molecular complexity index is 906. The summed E-state index contributed by atoms with van der Waals surface area (Å²) < 4.78 is 33.5. The Balaban J connectivity index is 3.14. The third-order valence-corrected chi connectivity index (χ3v) is 6.19. The fraction of sp³-hybridized carbons (Fsp3) is 0.609. The van der Waals surface area contributed by atoms with Crippen LogP contribution in [0.3, 0.4) is 0 Å². The molecule has 1 N–H and O–H groups in total. The zero-order chi connectivity index (χ0) is 25.2. The molecule has 0 aliphatic rings. The van der Waals surface area contributed by atoms with Gasteiger partial charge in [-0.05, 0) is 51.8 Å². The van der Waals surface area contributed by atoms with Gasteiger partial charge in [0.2, 0.25) is 10.0 Å². The number of unbranched alkanes of at least 4 members (excludes halogenated alkanes) is 1. The number of esters is 1. The Morgan fingerprint density at radius 3 is 2.15 bits per heavy atom. The summed E-state index contributed by atoms with van der Waals surface area (Å²) in [5.41, 5.74) is -0.126. The lowest BCUT2D eigenvalue weighted by Crippen LogP contribution is -2.44. The van der Waals surface area contributed by atoms with Crippen molar-refractivity contribution < 1.29 is 32.4 Å². The molecule has 0 fully saturated rings. The van der Waals surface area contributed by atoms with E-state index >= 15 is 0 Å². The highest BCUT2D eigenvalue weighted by Gasteiger charge is 2.36. The van der Waals surface area contributed by atoms with Crippen molar-refractivity contribution in [2.45, 2.75) is 78.1 Å². The van der Waals surface area contributed by atoms with E-state index < -0.39 is 38.7 Å². The fourth-order valence-corrected chi connectivity index (χ4v) is 4.15. The van der Waals surface area contributed by atoms with Crippen LogP contribution in [-0.4, -0.2) is 55.3 Å². The molecule has 1 aromatic carbocycles. The summed E-state index contributed by atoms with van der Waals surface area (Å²) >= 11 is 0. The van der Waals surface area contributed by atoms with Gasteiger partial charge in [-0.15, -0.1) is 5.06 Å². The Kier molecular flexibility index (Phi) is 11.2. The number of rotatable bonds is 12. The first-order chi connectivity index (χ1) is 15.4. The van der Waals surface area contributed by atoms with Crippen LogP contribution in [-0.2, 0) is 35.6 Å². The molecular weight excluding hydrogens is 448 g/mol. The van der Waals surface area contributed by atoms with Crippen LogP contribution in [0.4, 0.5) is 0 Å². The van der Waals surface area contributed by atoms with E-state index in [4.69, 9.17) is 9.57 Å². The van der Waals surface area contributed by atoms with E-state index in [2.05, 4.69) is 4.72 Å². The van der Waals surface area contributed by atoms with Gasteiger partial charge in [0.25, 0.3) is 11.8 Å². The van der Waals surface area contributed by atoms with Gasteiger partial charge >= 0.3 is 5.97 Å². The first-order valence-electron chi connectivity index (χ1n) is 11.2. The number of hydrogen-bond donors (Lipinski definition) is 1. The number of hydrogen-bond acceptors (Lipinski definition) is 7. The van der Waals surface area contributed by atoms with Crippen LogP contribution in [0.25, 0.3) is 0 Å². The largest absolute Gasteiger partial charge is 0.459 e. The topological polar surface area (TPSA) is 119 Å². The van der Waals surface area contributed by atoms with Gasteiger partial charge < -0.3 is 4.74 Å². The maximum absolute atomic E-state index is 12.9. The number of sulfonamides is 1. The van der Waals surface area contributed by atoms with E-state index in [-0.39, 0.29) is 31.6 Å². The van der Waals surface area contributed by atoms with Crippen molar-refractivity contribution in [2.75, 3.05) is 13.2 Å². The first kappa shape index (κ1) is 28.7. The SMILES string of the molecule is CCCCNS(=O)(=O)[C@@H](Cc1ccc(C(=O)N(OCC)C(=O)CC)cc1)C(=O)OC(C)(C)C. The summed E-state index contributed by atoms with van der Waals surface area (Å²) in [6.07, 6.45) is 1.41. The van der Waals surface area contributed by atoms with E-state index in [0.29, 0.717) is 12.0 Å². The standard InChI is InChI=1S/C23H36N2O7S/c1-7-10-15-24-33(29,30)19(22(28)32-23(4,5)6)16-17-11-13-18(14-12-17)21(27)25(31-9-3)20(26)8-2/h11-14,19,24H,7-10,15-16H2,1-6H3/t19-/m0/s1. The van der Waals surface area contributed by atoms with E-state index in [9.17, 15) is 22.8 Å². The van der Waals surface area contributed by atoms with Gasteiger partial charge in [0, 0.05) is 24.9 Å². The normalized spacial score (nSPS) is 12.8. The van der Waals surface area contributed by atoms with Gasteiger partial charge in [-0.3, -0.25) is 19.2 Å². The number of carbonyl (C=O) groups is 3. The molecule has 0 aliphatic carbocycles. The van der Waals surface area contributed by atoms with E-state index in [1.165, 1.54) is 12.1 Å². The highest BCUT2D eigenvalue weighted by molar-refractivity contribution is 7.90. The van der Waals surface area contributed by atoms with Gasteiger partial charge in [-0.1, -0.05) is 32.4 Å². The predicted molar refractivity (Wildman–Crippen MR) is 125 cm³/mol. The zero-order valence-corrected chi connectivity index (χ0v) is 21.2. The smallest absolute Gasteiger partial charge is 0.326 e. The maximum Gasteiger partial charge on any atom is 0.326 e. The molecule has 2 amide bonds. The lowest BCUT2D eigenvalue weighted by Gasteiger charge is -2.24. The molecule has 1 aromatic rings. The van der Waals surface area contributed by atoms with Crippen molar-refractivity contribution in [3.05, 3.63) is 35.4 Å². The molecule has 186 valence electrons. The molecule has 0 radical (unpaired) electrons. The Morgan fingerprint density at radius 2 is 1.67 bits per heavy atom. The summed E-state index contributed by atoms with van der Waals surface area (Å²) in [5.74, 6) is -1.93. The maximum atomic E-state index is 12.9. The molecule has 1 rings (SSSR count). The summed E-state index contributed by atoms with van der Waals surface area (Å²) in [7, 11) is -3.99. The molecule has 9 nitrogen and oxygen atoms in total. The predicted octanol–water partition coefficient (Wildman–Crippen LogP) is 2.99. The minimum atomic E-state index is -3.99. The molecule has 0 saturated carbocycles. The number of amides is 2. The van der Waals surface area contributed by atoms with Gasteiger partial charge in [-0.2, -0.15) is 0 Å². The van der Waals surface area contributed by atoms with Crippen LogP contribution in [0.1, 0.15) is 76.7 Å². The number of carbonyl (C=O) groups excluding carboxylic acids is 3. The average molecular weight is 485 g/mol. The highest BCUT2D eigenvalue weighted by Crippen LogP contribution is 2.18. The number of nitrogens with zero attached hydrogens (tertiary/aromatic N) is 1. The Labute approximate surface area is 196 Å². The molecule has 0 aromatic heterocycles. The van der Waals surface area contributed by atoms with Gasteiger partial charge in [0.1, 0.15) is 5.60 Å². The van der Waals surface area contributed by atoms with Crippen molar-refractivity contribution in [2.24, 2.45) is 0 Å². The lowest BCUT2D eigenvalue weighted by molar-refractivity contribution is -0.168. The molecule has 0 aliphatic heterocycles. The van der Waals surface area contributed by atoms with Crippen molar-refractivity contribution >= 4 is 27.8 Å². The Hall–Kier alpha value is -2.30. The molecule has 10 heteroatoms. The third kappa shape index (κ3) is 9.23. The molecular formula is C23H36N2O7S. The fourth-order valence-electron chi connectivity index (χ4n) is 2.81. The first-order valence-corrected chi connectivity index (χ1v) is 12.7. The monoisotopic (exact) mass is 484 g/mol. The molecule has 33 heavy (non-hydrogen) atoms. The summed E-state index contributed by atoms with van der Waals surface area (Å²) in [6, 6.07) is 6.03. The van der Waals surface area contributed by atoms with E-state index in [0.717, 1.165) is 11.5 Å². The second-order valence-corrected chi connectivity index (χ2v) is 10.4. The summed E-state index contributed by atoms with van der Waals surface area (Å²) in [6.45, 7) is 10.6. The van der Waals surface area contributed by atoms with Crippen LogP contribution in [0.2, 0.25) is 0 Å². The van der Waals surface area contributed by atoms with Crippen LogP contribution in [0.15, 0.2) is 24.3 Å². The average Bonchev–Trinajstić information content (AvgIpc) is 2.74. The van der Waals surface area contributed by atoms with E-state index in [1.54, 1.807) is 46.8 Å². The number of nitrogens with one attached hydrogen (secondary N) is 1. The zero-order valence-electron chi connectivity index (χ0n) is 20.3. The summed E-state index contributed by atoms with van der Waals surface area (Å²) in [4.78, 5) is 42.5. The second kappa shape index (κ2) is 12.8.